The van der Waals surface area contributed by atoms with Crippen LogP contribution in [-0.4, -0.2) is 25.5 Å². The van der Waals surface area contributed by atoms with Crippen LogP contribution in [0, 0.1) is 0 Å². The molecule has 0 bridgehead atoms. The molecule has 0 unspecified atom stereocenters. The van der Waals surface area contributed by atoms with Gasteiger partial charge in [-0.05, 0) is 18.2 Å². The summed E-state index contributed by atoms with van der Waals surface area (Å²) in [6.07, 6.45) is 2.85. The van der Waals surface area contributed by atoms with E-state index in [0.717, 1.165) is 0 Å². The zero-order valence-corrected chi connectivity index (χ0v) is 11.4. The summed E-state index contributed by atoms with van der Waals surface area (Å²) in [5, 5.41) is -0.0870. The van der Waals surface area contributed by atoms with Crippen molar-refractivity contribution in [3.8, 4) is 5.88 Å². The molecule has 2 aromatic rings. The number of halogens is 1. The third kappa shape index (κ3) is 3.12. The van der Waals surface area contributed by atoms with Gasteiger partial charge in [0.05, 0.1) is 12.8 Å². The summed E-state index contributed by atoms with van der Waals surface area (Å²) in [6, 6.07) is 5.83. The molecule has 2 rings (SSSR count). The molecule has 0 amide bonds. The number of nitrogens with zero attached hydrogens (tertiary/aromatic N) is 2. The van der Waals surface area contributed by atoms with E-state index in [1.54, 1.807) is 0 Å². The zero-order valence-electron chi connectivity index (χ0n) is 9.87. The smallest absolute Gasteiger partial charge is 0.264 e. The van der Waals surface area contributed by atoms with Crippen molar-refractivity contribution >= 4 is 27.3 Å². The summed E-state index contributed by atoms with van der Waals surface area (Å²) in [7, 11) is -2.35. The number of ether oxygens (including phenoxy) is 1. The summed E-state index contributed by atoms with van der Waals surface area (Å²) in [5.74, 6) is 0.303. The van der Waals surface area contributed by atoms with Gasteiger partial charge < -0.3 is 4.74 Å². The Morgan fingerprint density at radius 1 is 1.26 bits per heavy atom. The van der Waals surface area contributed by atoms with Crippen LogP contribution in [0.3, 0.4) is 0 Å². The van der Waals surface area contributed by atoms with Crippen LogP contribution in [0.1, 0.15) is 0 Å². The highest BCUT2D eigenvalue weighted by Gasteiger charge is 2.18. The van der Waals surface area contributed by atoms with E-state index < -0.39 is 10.0 Å². The summed E-state index contributed by atoms with van der Waals surface area (Å²) in [6.45, 7) is 0. The molecule has 2 heterocycles. The van der Waals surface area contributed by atoms with E-state index in [0.29, 0.717) is 11.6 Å². The number of anilines is 1. The Bertz CT molecular complexity index is 691. The number of rotatable bonds is 4. The van der Waals surface area contributed by atoms with E-state index >= 15 is 0 Å². The molecule has 0 aromatic carbocycles. The number of hydrogen-bond acceptors (Lipinski definition) is 5. The number of nitrogens with one attached hydrogen (secondary N) is 1. The van der Waals surface area contributed by atoms with Gasteiger partial charge in [0, 0.05) is 18.5 Å². The number of sulfonamides is 1. The fourth-order valence-electron chi connectivity index (χ4n) is 1.37. The monoisotopic (exact) mass is 299 g/mol. The minimum absolute atomic E-state index is 0.0870. The molecule has 19 heavy (non-hydrogen) atoms. The molecular formula is C11H10ClN3O3S. The minimum Gasteiger partial charge on any atom is -0.481 e. The van der Waals surface area contributed by atoms with Gasteiger partial charge in [0.15, 0.2) is 0 Å². The van der Waals surface area contributed by atoms with Gasteiger partial charge in [-0.25, -0.2) is 18.4 Å². The summed E-state index contributed by atoms with van der Waals surface area (Å²) < 4.78 is 31.5. The number of methoxy groups -OCH3 is 1. The van der Waals surface area contributed by atoms with Crippen LogP contribution in [-0.2, 0) is 10.0 Å². The van der Waals surface area contributed by atoms with Crippen LogP contribution >= 0.6 is 11.6 Å². The number of pyridine rings is 2. The van der Waals surface area contributed by atoms with Crippen LogP contribution in [0.2, 0.25) is 5.15 Å². The minimum atomic E-state index is -3.80. The van der Waals surface area contributed by atoms with Gasteiger partial charge in [0.1, 0.15) is 10.0 Å². The third-order valence-electron chi connectivity index (χ3n) is 2.21. The Balaban J connectivity index is 2.34. The zero-order chi connectivity index (χ0) is 13.9. The first-order valence-corrected chi connectivity index (χ1v) is 7.02. The highest BCUT2D eigenvalue weighted by atomic mass is 35.5. The molecule has 0 saturated carbocycles. The standard InChI is InChI=1S/C11H10ClN3O3S/c1-18-10-7-8(4-6-13-10)15-19(16,17)9-3-2-5-14-11(9)12/h2-7H,1H3,(H,13,15). The van der Waals surface area contributed by atoms with Crippen LogP contribution in [0.25, 0.3) is 0 Å². The predicted molar refractivity (Wildman–Crippen MR) is 70.8 cm³/mol. The van der Waals surface area contributed by atoms with E-state index in [1.807, 2.05) is 0 Å². The first kappa shape index (κ1) is 13.6. The molecule has 0 spiro atoms. The molecule has 1 N–H and O–H groups in total. The lowest BCUT2D eigenvalue weighted by molar-refractivity contribution is 0.398. The Morgan fingerprint density at radius 3 is 2.74 bits per heavy atom. The van der Waals surface area contributed by atoms with E-state index in [9.17, 15) is 8.42 Å². The normalized spacial score (nSPS) is 11.1. The second-order valence-electron chi connectivity index (χ2n) is 3.48. The maximum atomic E-state index is 12.1. The molecule has 2 aromatic heterocycles. The van der Waals surface area contributed by atoms with Crippen LogP contribution in [0.4, 0.5) is 5.69 Å². The van der Waals surface area contributed by atoms with Crippen molar-refractivity contribution in [1.82, 2.24) is 9.97 Å². The quantitative estimate of drug-likeness (QED) is 0.873. The SMILES string of the molecule is COc1cc(NS(=O)(=O)c2cccnc2Cl)ccn1. The highest BCUT2D eigenvalue weighted by Crippen LogP contribution is 2.22. The molecule has 0 radical (unpaired) electrons. The van der Waals surface area contributed by atoms with Gasteiger partial charge in [-0.1, -0.05) is 11.6 Å². The Hall–Kier alpha value is -1.86. The fourth-order valence-corrected chi connectivity index (χ4v) is 2.87. The molecule has 100 valence electrons. The van der Waals surface area contributed by atoms with Crippen molar-refractivity contribution < 1.29 is 13.2 Å². The largest absolute Gasteiger partial charge is 0.481 e. The molecule has 0 atom stereocenters. The lowest BCUT2D eigenvalue weighted by Crippen LogP contribution is -2.14. The van der Waals surface area contributed by atoms with Gasteiger partial charge in [-0.3, -0.25) is 4.72 Å². The maximum absolute atomic E-state index is 12.1. The van der Waals surface area contributed by atoms with E-state index in [1.165, 1.54) is 43.8 Å². The summed E-state index contributed by atoms with van der Waals surface area (Å²) in [5.41, 5.74) is 0.326. The van der Waals surface area contributed by atoms with Crippen molar-refractivity contribution in [1.29, 1.82) is 0 Å². The predicted octanol–water partition coefficient (Wildman–Crippen LogP) is 1.94. The van der Waals surface area contributed by atoms with Crippen molar-refractivity contribution in [3.63, 3.8) is 0 Å². The highest BCUT2D eigenvalue weighted by molar-refractivity contribution is 7.92. The molecule has 6 nitrogen and oxygen atoms in total. The first-order valence-electron chi connectivity index (χ1n) is 5.16. The average molecular weight is 300 g/mol. The van der Waals surface area contributed by atoms with Gasteiger partial charge in [-0.15, -0.1) is 0 Å². The Kier molecular flexibility index (Phi) is 3.87. The van der Waals surface area contributed by atoms with Gasteiger partial charge in [-0.2, -0.15) is 0 Å². The molecule has 0 aliphatic carbocycles. The Morgan fingerprint density at radius 2 is 2.05 bits per heavy atom. The van der Waals surface area contributed by atoms with Crippen LogP contribution in [0.15, 0.2) is 41.6 Å². The van der Waals surface area contributed by atoms with Gasteiger partial charge in [0.25, 0.3) is 10.0 Å². The van der Waals surface area contributed by atoms with Gasteiger partial charge in [0.2, 0.25) is 5.88 Å². The van der Waals surface area contributed by atoms with E-state index in [-0.39, 0.29) is 10.0 Å². The molecule has 0 saturated heterocycles. The lowest BCUT2D eigenvalue weighted by Gasteiger charge is -2.09. The molecule has 0 aliphatic heterocycles. The first-order chi connectivity index (χ1) is 9.03. The second kappa shape index (κ2) is 5.41. The molecular weight excluding hydrogens is 290 g/mol. The van der Waals surface area contributed by atoms with Crippen LogP contribution < -0.4 is 9.46 Å². The fraction of sp³-hybridized carbons (Fsp3) is 0.0909. The van der Waals surface area contributed by atoms with Crippen molar-refractivity contribution in [2.24, 2.45) is 0 Å². The summed E-state index contributed by atoms with van der Waals surface area (Å²) >= 11 is 5.77. The molecule has 8 heteroatoms. The second-order valence-corrected chi connectivity index (χ2v) is 5.49. The topological polar surface area (TPSA) is 81.2 Å². The van der Waals surface area contributed by atoms with Crippen molar-refractivity contribution in [2.75, 3.05) is 11.8 Å². The third-order valence-corrected chi connectivity index (χ3v) is 4.04. The van der Waals surface area contributed by atoms with Crippen molar-refractivity contribution in [3.05, 3.63) is 41.8 Å². The van der Waals surface area contributed by atoms with Crippen molar-refractivity contribution in [2.45, 2.75) is 4.90 Å². The Labute approximate surface area is 115 Å². The summed E-state index contributed by atoms with van der Waals surface area (Å²) in [4.78, 5) is 7.52. The van der Waals surface area contributed by atoms with Gasteiger partial charge >= 0.3 is 0 Å². The molecule has 0 fully saturated rings. The number of aromatic nitrogens is 2. The maximum Gasteiger partial charge on any atom is 0.264 e. The average Bonchev–Trinajstić information content (AvgIpc) is 2.38. The van der Waals surface area contributed by atoms with E-state index in [4.69, 9.17) is 16.3 Å². The van der Waals surface area contributed by atoms with E-state index in [2.05, 4.69) is 14.7 Å². The molecule has 0 aliphatic rings. The van der Waals surface area contributed by atoms with Crippen LogP contribution in [0.5, 0.6) is 5.88 Å². The lowest BCUT2D eigenvalue weighted by atomic mass is 10.4. The number of hydrogen-bond donors (Lipinski definition) is 1.